The first kappa shape index (κ1) is 23.2. The van der Waals surface area contributed by atoms with Gasteiger partial charge in [-0.05, 0) is 29.3 Å². The normalized spacial score (nSPS) is 12.0. The summed E-state index contributed by atoms with van der Waals surface area (Å²) in [6.07, 6.45) is -6.92. The van der Waals surface area contributed by atoms with Crippen molar-refractivity contribution in [1.29, 1.82) is 0 Å². The average molecular weight is 453 g/mol. The van der Waals surface area contributed by atoms with Crippen molar-refractivity contribution in [2.24, 2.45) is 0 Å². The molecule has 1 amide bonds. The van der Waals surface area contributed by atoms with Crippen LogP contribution in [0.5, 0.6) is 0 Å². The molecule has 0 N–H and O–H groups in total. The molecule has 0 bridgehead atoms. The van der Waals surface area contributed by atoms with Crippen LogP contribution in [0.15, 0.2) is 60.9 Å². The predicted molar refractivity (Wildman–Crippen MR) is 104 cm³/mol. The van der Waals surface area contributed by atoms with E-state index in [1.165, 1.54) is 19.4 Å². The lowest BCUT2D eigenvalue weighted by molar-refractivity contribution is -0.143. The van der Waals surface area contributed by atoms with E-state index in [1.54, 1.807) is 0 Å². The molecule has 1 heterocycles. The summed E-state index contributed by atoms with van der Waals surface area (Å²) in [6.45, 7) is -0.461. The van der Waals surface area contributed by atoms with Gasteiger partial charge in [-0.15, -0.1) is 0 Å². The second-order valence-corrected chi connectivity index (χ2v) is 7.13. The van der Waals surface area contributed by atoms with Gasteiger partial charge in [0.15, 0.2) is 0 Å². The minimum Gasteiger partial charge on any atom is -0.337 e. The number of halogens is 6. The third-order valence-electron chi connectivity index (χ3n) is 4.57. The second kappa shape index (κ2) is 8.97. The van der Waals surface area contributed by atoms with Crippen LogP contribution in [-0.2, 0) is 25.3 Å². The smallest absolute Gasteiger partial charge is 0.337 e. The van der Waals surface area contributed by atoms with Crippen molar-refractivity contribution in [2.75, 3.05) is 7.05 Å². The lowest BCUT2D eigenvalue weighted by Gasteiger charge is -2.19. The van der Waals surface area contributed by atoms with E-state index in [1.807, 2.05) is 30.3 Å². The topological polar surface area (TPSA) is 46.1 Å². The van der Waals surface area contributed by atoms with Crippen LogP contribution in [0.4, 0.5) is 26.3 Å². The molecule has 0 unspecified atom stereocenters. The lowest BCUT2D eigenvalue weighted by Crippen LogP contribution is -2.27. The zero-order chi connectivity index (χ0) is 23.5. The zero-order valence-corrected chi connectivity index (χ0v) is 16.7. The third-order valence-corrected chi connectivity index (χ3v) is 4.57. The van der Waals surface area contributed by atoms with E-state index in [4.69, 9.17) is 0 Å². The summed E-state index contributed by atoms with van der Waals surface area (Å²) in [4.78, 5) is 21.8. The van der Waals surface area contributed by atoms with Crippen LogP contribution in [-0.4, -0.2) is 27.8 Å². The minimum absolute atomic E-state index is 0.0463. The number of alkyl halides is 6. The highest BCUT2D eigenvalue weighted by atomic mass is 19.4. The van der Waals surface area contributed by atoms with E-state index in [9.17, 15) is 31.1 Å². The molecule has 0 fully saturated rings. The van der Waals surface area contributed by atoms with Crippen LogP contribution in [0.1, 0.15) is 38.4 Å². The summed E-state index contributed by atoms with van der Waals surface area (Å²) in [5, 5.41) is 0. The number of carbonyl (C=O) groups is 1. The minimum atomic E-state index is -4.96. The Hall–Kier alpha value is -3.43. The van der Waals surface area contributed by atoms with Crippen molar-refractivity contribution in [2.45, 2.75) is 25.3 Å². The molecule has 0 atom stereocenters. The van der Waals surface area contributed by atoms with Crippen LogP contribution in [0.2, 0.25) is 0 Å². The molecular formula is C22H17F6N3O. The monoisotopic (exact) mass is 453 g/mol. The van der Waals surface area contributed by atoms with Gasteiger partial charge in [-0.1, -0.05) is 30.3 Å². The number of nitrogens with zero attached hydrogens (tertiary/aromatic N) is 3. The molecule has 0 saturated carbocycles. The van der Waals surface area contributed by atoms with Gasteiger partial charge in [0.2, 0.25) is 0 Å². The molecule has 0 aliphatic carbocycles. The van der Waals surface area contributed by atoms with Crippen LogP contribution in [0.3, 0.4) is 0 Å². The Kier molecular flexibility index (Phi) is 6.52. The highest BCUT2D eigenvalue weighted by Crippen LogP contribution is 2.36. The third kappa shape index (κ3) is 5.83. The molecule has 0 aliphatic rings. The van der Waals surface area contributed by atoms with Gasteiger partial charge in [-0.3, -0.25) is 4.79 Å². The van der Waals surface area contributed by atoms with Crippen LogP contribution in [0, 0.1) is 0 Å². The van der Waals surface area contributed by atoms with E-state index >= 15 is 0 Å². The lowest BCUT2D eigenvalue weighted by atomic mass is 10.0. The second-order valence-electron chi connectivity index (χ2n) is 7.13. The number of rotatable bonds is 5. The Balaban J connectivity index is 1.76. The molecule has 4 nitrogen and oxygen atoms in total. The van der Waals surface area contributed by atoms with Crippen molar-refractivity contribution >= 4 is 5.91 Å². The standard InChI is InChI=1S/C22H17F6N3O/c1-31(13-15-7-17(21(23,24)25)10-18(8-15)22(26,27)28)20(32)16-11-29-19(30-12-16)9-14-5-3-2-4-6-14/h2-8,10-12H,9,13H2,1H3. The number of benzene rings is 2. The number of carbonyl (C=O) groups excluding carboxylic acids is 1. The molecule has 0 radical (unpaired) electrons. The summed E-state index contributed by atoms with van der Waals surface area (Å²) in [5.74, 6) is -0.176. The van der Waals surface area contributed by atoms with Crippen LogP contribution >= 0.6 is 0 Å². The first-order valence-corrected chi connectivity index (χ1v) is 9.32. The van der Waals surface area contributed by atoms with Gasteiger partial charge >= 0.3 is 12.4 Å². The molecule has 2 aromatic carbocycles. The fourth-order valence-corrected chi connectivity index (χ4v) is 3.01. The number of aromatic nitrogens is 2. The Morgan fingerprint density at radius 3 is 1.88 bits per heavy atom. The number of hydrogen-bond acceptors (Lipinski definition) is 3. The Morgan fingerprint density at radius 1 is 0.844 bits per heavy atom. The maximum atomic E-state index is 13.0. The van der Waals surface area contributed by atoms with Crippen LogP contribution in [0.25, 0.3) is 0 Å². The molecule has 1 aromatic heterocycles. The predicted octanol–water partition coefficient (Wildman–Crippen LogP) is 5.38. The fraction of sp³-hybridized carbons (Fsp3) is 0.227. The number of amides is 1. The first-order chi connectivity index (χ1) is 14.9. The number of hydrogen-bond donors (Lipinski definition) is 0. The summed E-state index contributed by atoms with van der Waals surface area (Å²) in [7, 11) is 1.27. The molecular weight excluding hydrogens is 436 g/mol. The van der Waals surface area contributed by atoms with E-state index in [0.29, 0.717) is 24.4 Å². The maximum absolute atomic E-state index is 13.0. The Labute approximate surface area is 179 Å². The van der Waals surface area contributed by atoms with Crippen molar-refractivity contribution in [3.8, 4) is 0 Å². The molecule has 3 aromatic rings. The average Bonchev–Trinajstić information content (AvgIpc) is 2.73. The highest BCUT2D eigenvalue weighted by Gasteiger charge is 2.37. The van der Waals surface area contributed by atoms with Crippen molar-refractivity contribution in [3.05, 3.63) is 94.6 Å². The molecule has 0 spiro atoms. The zero-order valence-electron chi connectivity index (χ0n) is 16.7. The van der Waals surface area contributed by atoms with Gasteiger partial charge in [0.1, 0.15) is 5.82 Å². The quantitative estimate of drug-likeness (QED) is 0.488. The van der Waals surface area contributed by atoms with Gasteiger partial charge in [-0.2, -0.15) is 26.3 Å². The molecule has 0 aliphatic heterocycles. The van der Waals surface area contributed by atoms with E-state index < -0.39 is 35.9 Å². The van der Waals surface area contributed by atoms with Crippen molar-refractivity contribution < 1.29 is 31.1 Å². The summed E-state index contributed by atoms with van der Waals surface area (Å²) in [6, 6.07) is 10.6. The van der Waals surface area contributed by atoms with Gasteiger partial charge in [0.25, 0.3) is 5.91 Å². The van der Waals surface area contributed by atoms with Gasteiger partial charge < -0.3 is 4.90 Å². The van der Waals surface area contributed by atoms with Crippen molar-refractivity contribution in [1.82, 2.24) is 14.9 Å². The van der Waals surface area contributed by atoms with Crippen LogP contribution < -0.4 is 0 Å². The van der Waals surface area contributed by atoms with E-state index in [0.717, 1.165) is 10.5 Å². The summed E-state index contributed by atoms with van der Waals surface area (Å²) in [5.41, 5.74) is -2.14. The molecule has 168 valence electrons. The SMILES string of the molecule is CN(Cc1cc(C(F)(F)F)cc(C(F)(F)F)c1)C(=O)c1cnc(Cc2ccccc2)nc1. The molecule has 3 rings (SSSR count). The van der Waals surface area contributed by atoms with E-state index in [2.05, 4.69) is 9.97 Å². The molecule has 0 saturated heterocycles. The van der Waals surface area contributed by atoms with E-state index in [-0.39, 0.29) is 17.2 Å². The Morgan fingerprint density at radius 2 is 1.38 bits per heavy atom. The summed E-state index contributed by atoms with van der Waals surface area (Å²) < 4.78 is 78.2. The maximum Gasteiger partial charge on any atom is 0.416 e. The molecule has 32 heavy (non-hydrogen) atoms. The largest absolute Gasteiger partial charge is 0.416 e. The Bertz CT molecular complexity index is 1050. The van der Waals surface area contributed by atoms with Gasteiger partial charge in [0, 0.05) is 32.4 Å². The van der Waals surface area contributed by atoms with Crippen molar-refractivity contribution in [3.63, 3.8) is 0 Å². The first-order valence-electron chi connectivity index (χ1n) is 9.32. The van der Waals surface area contributed by atoms with Gasteiger partial charge in [0.05, 0.1) is 16.7 Å². The highest BCUT2D eigenvalue weighted by molar-refractivity contribution is 5.93. The summed E-state index contributed by atoms with van der Waals surface area (Å²) >= 11 is 0. The fourth-order valence-electron chi connectivity index (χ4n) is 3.01. The van der Waals surface area contributed by atoms with Gasteiger partial charge in [-0.25, -0.2) is 9.97 Å². The molecule has 10 heteroatoms.